The van der Waals surface area contributed by atoms with Crippen LogP contribution in [0.1, 0.15) is 26.2 Å². The van der Waals surface area contributed by atoms with E-state index in [1.165, 1.54) is 18.2 Å². The monoisotopic (exact) mass is 312 g/mol. The first-order valence-corrected chi connectivity index (χ1v) is 7.23. The van der Waals surface area contributed by atoms with E-state index in [9.17, 15) is 14.9 Å². The molecule has 21 heavy (non-hydrogen) atoms. The molecule has 1 aromatic carbocycles. The van der Waals surface area contributed by atoms with Crippen molar-refractivity contribution in [3.63, 3.8) is 0 Å². The number of nitro groups is 1. The van der Waals surface area contributed by atoms with Crippen molar-refractivity contribution >= 4 is 23.2 Å². The summed E-state index contributed by atoms with van der Waals surface area (Å²) in [5, 5.41) is 10.7. The van der Waals surface area contributed by atoms with E-state index >= 15 is 0 Å². The van der Waals surface area contributed by atoms with Crippen LogP contribution in [-0.2, 0) is 4.79 Å². The quantitative estimate of drug-likeness (QED) is 0.633. The highest BCUT2D eigenvalue weighted by Crippen LogP contribution is 2.28. The van der Waals surface area contributed by atoms with Crippen LogP contribution in [0, 0.1) is 10.1 Å². The number of nitrogens with zero attached hydrogens (tertiary/aromatic N) is 2. The molecule has 114 valence electrons. The Balaban J connectivity index is 1.95. The Bertz CT molecular complexity index is 550. The van der Waals surface area contributed by atoms with Crippen LogP contribution >= 0.6 is 11.6 Å². The number of nitro benzene ring substituents is 1. The minimum absolute atomic E-state index is 0.00344. The number of likely N-dealkylation sites (tertiary alicyclic amines) is 1. The summed E-state index contributed by atoms with van der Waals surface area (Å²) in [6.45, 7) is 2.70. The first-order chi connectivity index (χ1) is 9.99. The van der Waals surface area contributed by atoms with Crippen molar-refractivity contribution in [3.8, 4) is 5.75 Å². The van der Waals surface area contributed by atoms with Crippen molar-refractivity contribution in [2.24, 2.45) is 0 Å². The first-order valence-electron chi connectivity index (χ1n) is 6.85. The highest BCUT2D eigenvalue weighted by molar-refractivity contribution is 6.32. The maximum Gasteiger partial charge on any atom is 0.288 e. The highest BCUT2D eigenvalue weighted by Gasteiger charge is 2.23. The smallest absolute Gasteiger partial charge is 0.288 e. The Hall–Kier alpha value is -1.82. The van der Waals surface area contributed by atoms with Crippen LogP contribution in [0.25, 0.3) is 0 Å². The van der Waals surface area contributed by atoms with Gasteiger partial charge < -0.3 is 9.64 Å². The molecule has 0 radical (unpaired) electrons. The molecule has 1 saturated heterocycles. The van der Waals surface area contributed by atoms with Gasteiger partial charge in [0.15, 0.2) is 6.61 Å². The third kappa shape index (κ3) is 3.85. The number of hydrogen-bond donors (Lipinski definition) is 0. The summed E-state index contributed by atoms with van der Waals surface area (Å²) in [5.41, 5.74) is -0.181. The molecule has 1 aliphatic heterocycles. The molecule has 0 aromatic heterocycles. The fraction of sp³-hybridized carbons (Fsp3) is 0.500. The van der Waals surface area contributed by atoms with Gasteiger partial charge in [-0.25, -0.2) is 0 Å². The van der Waals surface area contributed by atoms with E-state index in [0.717, 1.165) is 25.8 Å². The molecule has 0 bridgehead atoms. The molecule has 1 aliphatic rings. The zero-order chi connectivity index (χ0) is 15.4. The third-order valence-electron chi connectivity index (χ3n) is 3.60. The van der Waals surface area contributed by atoms with E-state index in [1.807, 2.05) is 11.8 Å². The molecule has 1 heterocycles. The highest BCUT2D eigenvalue weighted by atomic mass is 35.5. The van der Waals surface area contributed by atoms with Crippen molar-refractivity contribution in [2.75, 3.05) is 13.2 Å². The molecule has 7 heteroatoms. The molecule has 1 amide bonds. The van der Waals surface area contributed by atoms with Gasteiger partial charge >= 0.3 is 0 Å². The van der Waals surface area contributed by atoms with Gasteiger partial charge in [-0.3, -0.25) is 14.9 Å². The van der Waals surface area contributed by atoms with Gasteiger partial charge in [0.25, 0.3) is 11.6 Å². The average molecular weight is 313 g/mol. The fourth-order valence-corrected chi connectivity index (χ4v) is 2.66. The van der Waals surface area contributed by atoms with Crippen LogP contribution in [0.15, 0.2) is 18.2 Å². The molecule has 1 aromatic rings. The van der Waals surface area contributed by atoms with Crippen molar-refractivity contribution in [2.45, 2.75) is 32.2 Å². The number of carbonyl (C=O) groups is 1. The van der Waals surface area contributed by atoms with Crippen LogP contribution in [0.4, 0.5) is 5.69 Å². The standard InChI is InChI=1S/C14H17ClN2O4/c1-10-4-2-3-7-16(10)14(18)9-21-11-5-6-13(17(19)20)12(15)8-11/h5-6,8,10H,2-4,7,9H2,1H3. The van der Waals surface area contributed by atoms with Crippen molar-refractivity contribution in [1.82, 2.24) is 4.90 Å². The summed E-state index contributed by atoms with van der Waals surface area (Å²) in [6, 6.07) is 4.30. The van der Waals surface area contributed by atoms with E-state index in [1.54, 1.807) is 0 Å². The predicted molar refractivity (Wildman–Crippen MR) is 78.6 cm³/mol. The largest absolute Gasteiger partial charge is 0.484 e. The van der Waals surface area contributed by atoms with Crippen molar-refractivity contribution < 1.29 is 14.5 Å². The normalized spacial score (nSPS) is 18.4. The van der Waals surface area contributed by atoms with Gasteiger partial charge in [0.05, 0.1) is 4.92 Å². The molecule has 0 spiro atoms. The van der Waals surface area contributed by atoms with Gasteiger partial charge in [0, 0.05) is 24.7 Å². The predicted octanol–water partition coefficient (Wildman–Crippen LogP) is 3.03. The molecule has 0 aliphatic carbocycles. The summed E-state index contributed by atoms with van der Waals surface area (Å²) >= 11 is 5.79. The number of benzene rings is 1. The number of amides is 1. The van der Waals surface area contributed by atoms with Crippen LogP contribution in [0.2, 0.25) is 5.02 Å². The van der Waals surface area contributed by atoms with Crippen LogP contribution in [-0.4, -0.2) is 34.9 Å². The van der Waals surface area contributed by atoms with Crippen LogP contribution in [0.5, 0.6) is 5.75 Å². The van der Waals surface area contributed by atoms with Gasteiger partial charge in [0.2, 0.25) is 0 Å². The number of carbonyl (C=O) groups excluding carboxylic acids is 1. The molecule has 6 nitrogen and oxygen atoms in total. The van der Waals surface area contributed by atoms with Gasteiger partial charge in [-0.15, -0.1) is 0 Å². The summed E-state index contributed by atoms with van der Waals surface area (Å²) < 4.78 is 5.39. The zero-order valence-electron chi connectivity index (χ0n) is 11.8. The Morgan fingerprint density at radius 2 is 2.29 bits per heavy atom. The maximum atomic E-state index is 12.1. The lowest BCUT2D eigenvalue weighted by molar-refractivity contribution is -0.384. The van der Waals surface area contributed by atoms with Crippen LogP contribution < -0.4 is 4.74 Å². The Morgan fingerprint density at radius 1 is 1.52 bits per heavy atom. The van der Waals surface area contributed by atoms with E-state index in [0.29, 0.717) is 5.75 Å². The Morgan fingerprint density at radius 3 is 2.90 bits per heavy atom. The second-order valence-electron chi connectivity index (χ2n) is 5.09. The van der Waals surface area contributed by atoms with E-state index < -0.39 is 4.92 Å². The Labute approximate surface area is 127 Å². The third-order valence-corrected chi connectivity index (χ3v) is 3.90. The topological polar surface area (TPSA) is 72.7 Å². The summed E-state index contributed by atoms with van der Waals surface area (Å²) in [7, 11) is 0. The molecular weight excluding hydrogens is 296 g/mol. The number of ether oxygens (including phenoxy) is 1. The number of piperidine rings is 1. The van der Waals surface area contributed by atoms with E-state index in [2.05, 4.69) is 0 Å². The average Bonchev–Trinajstić information content (AvgIpc) is 2.45. The molecule has 2 rings (SSSR count). The van der Waals surface area contributed by atoms with Gasteiger partial charge in [-0.2, -0.15) is 0 Å². The number of rotatable bonds is 4. The summed E-state index contributed by atoms with van der Waals surface area (Å²) in [5.74, 6) is 0.278. The number of halogens is 1. The second kappa shape index (κ2) is 6.76. The minimum atomic E-state index is -0.563. The molecule has 1 fully saturated rings. The Kier molecular flexibility index (Phi) is 5.01. The van der Waals surface area contributed by atoms with Gasteiger partial charge in [-0.05, 0) is 32.3 Å². The zero-order valence-corrected chi connectivity index (χ0v) is 12.5. The lowest BCUT2D eigenvalue weighted by Crippen LogP contribution is -2.44. The number of hydrogen-bond acceptors (Lipinski definition) is 4. The van der Waals surface area contributed by atoms with E-state index in [-0.39, 0.29) is 29.3 Å². The molecule has 1 unspecified atom stereocenters. The lowest BCUT2D eigenvalue weighted by Gasteiger charge is -2.33. The second-order valence-corrected chi connectivity index (χ2v) is 5.50. The van der Waals surface area contributed by atoms with Crippen molar-refractivity contribution in [3.05, 3.63) is 33.3 Å². The SMILES string of the molecule is CC1CCCCN1C(=O)COc1ccc([N+](=O)[O-])c(Cl)c1. The maximum absolute atomic E-state index is 12.1. The minimum Gasteiger partial charge on any atom is -0.484 e. The van der Waals surface area contributed by atoms with Gasteiger partial charge in [0.1, 0.15) is 10.8 Å². The fourth-order valence-electron chi connectivity index (χ4n) is 2.42. The van der Waals surface area contributed by atoms with E-state index in [4.69, 9.17) is 16.3 Å². The summed E-state index contributed by atoms with van der Waals surface area (Å²) in [4.78, 5) is 24.0. The van der Waals surface area contributed by atoms with Gasteiger partial charge in [-0.1, -0.05) is 11.6 Å². The molecule has 0 N–H and O–H groups in total. The molecule has 0 saturated carbocycles. The van der Waals surface area contributed by atoms with Crippen molar-refractivity contribution in [1.29, 1.82) is 0 Å². The van der Waals surface area contributed by atoms with Crippen LogP contribution in [0.3, 0.4) is 0 Å². The molecular formula is C14H17ClN2O4. The first kappa shape index (κ1) is 15.6. The molecule has 1 atom stereocenters. The lowest BCUT2D eigenvalue weighted by atomic mass is 10.0. The summed E-state index contributed by atoms with van der Waals surface area (Å²) in [6.07, 6.45) is 3.16.